The van der Waals surface area contributed by atoms with Crippen LogP contribution in [0.15, 0.2) is 35.2 Å². The quantitative estimate of drug-likeness (QED) is 0.582. The highest BCUT2D eigenvalue weighted by molar-refractivity contribution is 8.05. The normalized spacial score (nSPS) is 21.9. The first-order chi connectivity index (χ1) is 15.8. The molecular formula is C28H37N3O2S. The fraction of sp³-hybridized carbons (Fsp3) is 0.464. The van der Waals surface area contributed by atoms with Gasteiger partial charge in [0.25, 0.3) is 5.91 Å². The minimum atomic E-state index is -0.883. The molecule has 2 aromatic rings. The minimum Gasteiger partial charge on any atom is -0.377 e. The van der Waals surface area contributed by atoms with Crippen LogP contribution in [0.4, 0.5) is 11.4 Å². The molecule has 1 amide bonds. The maximum Gasteiger partial charge on any atom is 0.260 e. The SMILES string of the molecule is CN(C)c1ccc(/C=C2\SC(O)NC2=O)cc1-c1cc2c(cc1N(C)C)C(C)(C)CCC2(C)C. The highest BCUT2D eigenvalue weighted by atomic mass is 32.2. The lowest BCUT2D eigenvalue weighted by Crippen LogP contribution is -2.34. The van der Waals surface area contributed by atoms with Crippen LogP contribution < -0.4 is 15.1 Å². The van der Waals surface area contributed by atoms with E-state index in [9.17, 15) is 9.90 Å². The van der Waals surface area contributed by atoms with Crippen LogP contribution in [-0.4, -0.2) is 44.8 Å². The van der Waals surface area contributed by atoms with Crippen LogP contribution in [0.2, 0.25) is 0 Å². The van der Waals surface area contributed by atoms with Gasteiger partial charge in [-0.1, -0.05) is 45.5 Å². The van der Waals surface area contributed by atoms with Crippen molar-refractivity contribution in [3.8, 4) is 11.1 Å². The van der Waals surface area contributed by atoms with Gasteiger partial charge in [0.1, 0.15) is 0 Å². The van der Waals surface area contributed by atoms with E-state index in [4.69, 9.17) is 0 Å². The molecule has 6 heteroatoms. The fourth-order valence-electron chi connectivity index (χ4n) is 5.07. The summed E-state index contributed by atoms with van der Waals surface area (Å²) >= 11 is 1.14. The standard InChI is InChI=1S/C28H37N3O2S/c1-27(2)11-12-28(3,4)21-16-23(31(7)8)19(15-20(21)27)18-13-17(9-10-22(18)30(5)6)14-24-25(32)29-26(33)34-24/h9-10,13-16,26,33H,11-12H2,1-8H3,(H,29,32)/b24-14-. The number of fused-ring (bicyclic) bond motifs is 1. The molecule has 1 fully saturated rings. The molecule has 1 unspecified atom stereocenters. The van der Waals surface area contributed by atoms with Gasteiger partial charge in [0.2, 0.25) is 0 Å². The maximum absolute atomic E-state index is 12.2. The third-order valence-corrected chi connectivity index (χ3v) is 8.16. The smallest absolute Gasteiger partial charge is 0.260 e. The Kier molecular flexibility index (Phi) is 6.28. The number of rotatable bonds is 4. The Morgan fingerprint density at radius 2 is 1.47 bits per heavy atom. The van der Waals surface area contributed by atoms with Gasteiger partial charge in [-0.05, 0) is 70.7 Å². The zero-order valence-corrected chi connectivity index (χ0v) is 22.4. The second kappa shape index (κ2) is 8.65. The number of benzene rings is 2. The van der Waals surface area contributed by atoms with Crippen LogP contribution in [0, 0.1) is 0 Å². The lowest BCUT2D eigenvalue weighted by atomic mass is 9.62. The lowest BCUT2D eigenvalue weighted by Gasteiger charge is -2.43. The first-order valence-corrected chi connectivity index (χ1v) is 12.7. The number of carbonyl (C=O) groups is 1. The number of hydrogen-bond acceptors (Lipinski definition) is 5. The van der Waals surface area contributed by atoms with Crippen LogP contribution in [0.5, 0.6) is 0 Å². The number of amides is 1. The molecule has 0 spiro atoms. The van der Waals surface area contributed by atoms with E-state index in [0.717, 1.165) is 35.0 Å². The van der Waals surface area contributed by atoms with E-state index < -0.39 is 5.56 Å². The van der Waals surface area contributed by atoms with Crippen LogP contribution in [0.25, 0.3) is 17.2 Å². The Hall–Kier alpha value is -2.44. The molecule has 2 N–H and O–H groups in total. The number of thioether (sulfide) groups is 1. The number of aliphatic hydroxyl groups is 1. The molecule has 1 heterocycles. The molecule has 5 nitrogen and oxygen atoms in total. The topological polar surface area (TPSA) is 55.8 Å². The van der Waals surface area contributed by atoms with E-state index in [1.54, 1.807) is 0 Å². The molecule has 1 saturated heterocycles. The molecule has 1 aliphatic carbocycles. The van der Waals surface area contributed by atoms with Gasteiger partial charge in [0.15, 0.2) is 5.56 Å². The first kappa shape index (κ1) is 24.7. The van der Waals surface area contributed by atoms with Gasteiger partial charge in [-0.3, -0.25) is 4.79 Å². The van der Waals surface area contributed by atoms with Crippen LogP contribution in [0.1, 0.15) is 57.2 Å². The Bertz CT molecular complexity index is 1160. The van der Waals surface area contributed by atoms with Crippen LogP contribution in [-0.2, 0) is 15.6 Å². The summed E-state index contributed by atoms with van der Waals surface area (Å²) in [5, 5.41) is 12.3. The average molecular weight is 480 g/mol. The molecule has 2 aliphatic rings. The molecule has 1 atom stereocenters. The molecule has 0 aromatic heterocycles. The Morgan fingerprint density at radius 3 is 2.00 bits per heavy atom. The van der Waals surface area contributed by atoms with Crippen molar-refractivity contribution in [2.45, 2.75) is 56.9 Å². The molecule has 34 heavy (non-hydrogen) atoms. The summed E-state index contributed by atoms with van der Waals surface area (Å²) < 4.78 is 0. The number of nitrogens with one attached hydrogen (secondary N) is 1. The highest BCUT2D eigenvalue weighted by Gasteiger charge is 2.38. The van der Waals surface area contributed by atoms with Crippen LogP contribution in [0.3, 0.4) is 0 Å². The average Bonchev–Trinajstić information content (AvgIpc) is 3.07. The molecule has 0 radical (unpaired) electrons. The van der Waals surface area contributed by atoms with Gasteiger partial charge in [0.05, 0.1) is 4.91 Å². The third-order valence-electron chi connectivity index (χ3n) is 7.26. The highest BCUT2D eigenvalue weighted by Crippen LogP contribution is 2.50. The first-order valence-electron chi connectivity index (χ1n) is 11.9. The van der Waals surface area contributed by atoms with Crippen molar-refractivity contribution in [3.05, 3.63) is 51.9 Å². The molecular weight excluding hydrogens is 442 g/mol. The van der Waals surface area contributed by atoms with E-state index in [-0.39, 0.29) is 16.7 Å². The van der Waals surface area contributed by atoms with Gasteiger partial charge in [-0.15, -0.1) is 0 Å². The Balaban J connectivity index is 1.96. The summed E-state index contributed by atoms with van der Waals surface area (Å²) in [6, 6.07) is 11.1. The number of carbonyl (C=O) groups excluding carboxylic acids is 1. The molecule has 2 aromatic carbocycles. The minimum absolute atomic E-state index is 0.108. The van der Waals surface area contributed by atoms with Gasteiger partial charge >= 0.3 is 0 Å². The molecule has 4 rings (SSSR count). The summed E-state index contributed by atoms with van der Waals surface area (Å²) in [6.45, 7) is 9.43. The second-order valence-electron chi connectivity index (χ2n) is 11.2. The summed E-state index contributed by atoms with van der Waals surface area (Å²) in [6.07, 6.45) is 4.20. The van der Waals surface area contributed by atoms with Crippen LogP contribution >= 0.6 is 11.8 Å². The van der Waals surface area contributed by atoms with Crippen molar-refractivity contribution in [2.75, 3.05) is 38.0 Å². The Labute approximate surface area is 208 Å². The van der Waals surface area contributed by atoms with Gasteiger partial charge in [0, 0.05) is 50.7 Å². The summed E-state index contributed by atoms with van der Waals surface area (Å²) in [7, 11) is 8.34. The molecule has 0 saturated carbocycles. The molecule has 1 aliphatic heterocycles. The fourth-order valence-corrected chi connectivity index (χ4v) is 5.85. The van der Waals surface area contributed by atoms with Crippen molar-refractivity contribution in [1.82, 2.24) is 5.32 Å². The van der Waals surface area contributed by atoms with Gasteiger partial charge < -0.3 is 20.2 Å². The summed E-state index contributed by atoms with van der Waals surface area (Å²) in [5.41, 5.74) is 7.81. The van der Waals surface area contributed by atoms with E-state index in [1.165, 1.54) is 28.8 Å². The van der Waals surface area contributed by atoms with Crippen molar-refractivity contribution in [3.63, 3.8) is 0 Å². The molecule has 0 bridgehead atoms. The van der Waals surface area contributed by atoms with Crippen molar-refractivity contribution in [1.29, 1.82) is 0 Å². The molecule has 182 valence electrons. The summed E-state index contributed by atoms with van der Waals surface area (Å²) in [4.78, 5) is 17.0. The zero-order chi connectivity index (χ0) is 25.0. The van der Waals surface area contributed by atoms with E-state index >= 15 is 0 Å². The monoisotopic (exact) mass is 479 g/mol. The summed E-state index contributed by atoms with van der Waals surface area (Å²) in [5.74, 6) is -0.234. The third kappa shape index (κ3) is 4.46. The lowest BCUT2D eigenvalue weighted by molar-refractivity contribution is -0.117. The second-order valence-corrected chi connectivity index (χ2v) is 12.3. The number of anilines is 2. The predicted octanol–water partition coefficient (Wildman–Crippen LogP) is 5.31. The largest absolute Gasteiger partial charge is 0.377 e. The number of aliphatic hydroxyl groups excluding tert-OH is 1. The van der Waals surface area contributed by atoms with Gasteiger partial charge in [-0.2, -0.15) is 0 Å². The number of nitrogens with zero attached hydrogens (tertiary/aromatic N) is 2. The van der Waals surface area contributed by atoms with E-state index in [2.05, 4.69) is 95.3 Å². The van der Waals surface area contributed by atoms with E-state index in [0.29, 0.717) is 4.91 Å². The van der Waals surface area contributed by atoms with Gasteiger partial charge in [-0.25, -0.2) is 0 Å². The van der Waals surface area contributed by atoms with Crippen molar-refractivity contribution >= 4 is 35.1 Å². The zero-order valence-electron chi connectivity index (χ0n) is 21.6. The predicted molar refractivity (Wildman–Crippen MR) is 146 cm³/mol. The van der Waals surface area contributed by atoms with Crippen molar-refractivity contribution in [2.24, 2.45) is 0 Å². The Morgan fingerprint density at radius 1 is 0.912 bits per heavy atom. The number of hydrogen-bond donors (Lipinski definition) is 2. The van der Waals surface area contributed by atoms with Crippen molar-refractivity contribution < 1.29 is 9.90 Å². The van der Waals surface area contributed by atoms with E-state index in [1.807, 2.05) is 12.1 Å². The maximum atomic E-state index is 12.2.